The van der Waals surface area contributed by atoms with Gasteiger partial charge in [0, 0.05) is 5.92 Å². The Morgan fingerprint density at radius 2 is 1.23 bits per heavy atom. The van der Waals surface area contributed by atoms with Crippen molar-refractivity contribution in [1.29, 1.82) is 0 Å². The number of aliphatic carboxylic acids is 1. The molecule has 2 atom stereocenters. The van der Waals surface area contributed by atoms with Gasteiger partial charge >= 0.3 is 5.97 Å². The van der Waals surface area contributed by atoms with Crippen molar-refractivity contribution in [1.82, 2.24) is 0 Å². The van der Waals surface area contributed by atoms with E-state index in [4.69, 9.17) is 5.73 Å². The number of nitrogens with two attached hydrogens (primary N) is 1. The minimum absolute atomic E-state index is 0.158. The summed E-state index contributed by atoms with van der Waals surface area (Å²) >= 11 is 0. The van der Waals surface area contributed by atoms with Gasteiger partial charge in [-0.3, -0.25) is 9.59 Å². The Labute approximate surface area is 135 Å². The highest BCUT2D eigenvalue weighted by molar-refractivity contribution is 5.76. The van der Waals surface area contributed by atoms with Crippen molar-refractivity contribution in [2.45, 2.75) is 90.9 Å². The average Bonchev–Trinajstić information content (AvgIpc) is 2.47. The maximum absolute atomic E-state index is 11.5. The SMILES string of the molecule is CCCCCCC(CCC(CCCCCC)C(=O)O)C(N)=O. The summed E-state index contributed by atoms with van der Waals surface area (Å²) in [6, 6.07) is 0. The number of carbonyl (C=O) groups excluding carboxylic acids is 1. The van der Waals surface area contributed by atoms with Gasteiger partial charge in [-0.1, -0.05) is 65.2 Å². The van der Waals surface area contributed by atoms with Crippen LogP contribution >= 0.6 is 0 Å². The third-order valence-electron chi connectivity index (χ3n) is 4.43. The van der Waals surface area contributed by atoms with Gasteiger partial charge in [-0.05, 0) is 25.7 Å². The van der Waals surface area contributed by atoms with Crippen LogP contribution in [0.2, 0.25) is 0 Å². The molecule has 0 rings (SSSR count). The van der Waals surface area contributed by atoms with Crippen LogP contribution in [0.5, 0.6) is 0 Å². The van der Waals surface area contributed by atoms with Gasteiger partial charge in [0.1, 0.15) is 0 Å². The molecule has 0 aromatic rings. The summed E-state index contributed by atoms with van der Waals surface area (Å²) in [5, 5.41) is 9.31. The highest BCUT2D eigenvalue weighted by Gasteiger charge is 2.21. The Kier molecular flexibility index (Phi) is 12.9. The first kappa shape index (κ1) is 20.9. The fraction of sp³-hybridized carbons (Fsp3) is 0.889. The summed E-state index contributed by atoms with van der Waals surface area (Å²) < 4.78 is 0. The van der Waals surface area contributed by atoms with Crippen molar-refractivity contribution in [3.8, 4) is 0 Å². The lowest BCUT2D eigenvalue weighted by molar-refractivity contribution is -0.142. The second-order valence-electron chi connectivity index (χ2n) is 6.41. The third kappa shape index (κ3) is 10.6. The maximum atomic E-state index is 11.5. The van der Waals surface area contributed by atoms with Crippen LogP contribution in [0, 0.1) is 11.8 Å². The monoisotopic (exact) mass is 313 g/mol. The molecule has 0 radical (unpaired) electrons. The summed E-state index contributed by atoms with van der Waals surface area (Å²) in [5.74, 6) is -1.49. The Morgan fingerprint density at radius 3 is 1.64 bits per heavy atom. The van der Waals surface area contributed by atoms with E-state index in [0.29, 0.717) is 12.8 Å². The molecule has 3 N–H and O–H groups in total. The molecular weight excluding hydrogens is 278 g/mol. The quantitative estimate of drug-likeness (QED) is 0.436. The van der Waals surface area contributed by atoms with Gasteiger partial charge in [-0.25, -0.2) is 0 Å². The number of hydrogen-bond acceptors (Lipinski definition) is 2. The summed E-state index contributed by atoms with van der Waals surface area (Å²) in [5.41, 5.74) is 5.47. The van der Waals surface area contributed by atoms with Crippen LogP contribution < -0.4 is 5.73 Å². The van der Waals surface area contributed by atoms with Crippen LogP contribution in [-0.4, -0.2) is 17.0 Å². The first-order valence-corrected chi connectivity index (χ1v) is 9.05. The van der Waals surface area contributed by atoms with Crippen LogP contribution in [0.4, 0.5) is 0 Å². The van der Waals surface area contributed by atoms with Crippen molar-refractivity contribution in [3.05, 3.63) is 0 Å². The van der Waals surface area contributed by atoms with Gasteiger partial charge in [0.25, 0.3) is 0 Å². The zero-order valence-electron chi connectivity index (χ0n) is 14.5. The molecule has 0 saturated heterocycles. The number of rotatable bonds is 15. The molecule has 0 bridgehead atoms. The van der Waals surface area contributed by atoms with E-state index in [1.165, 1.54) is 12.8 Å². The molecule has 0 aromatic carbocycles. The average molecular weight is 313 g/mol. The van der Waals surface area contributed by atoms with E-state index in [0.717, 1.165) is 51.4 Å². The molecule has 2 unspecified atom stereocenters. The molecule has 130 valence electrons. The molecular formula is C18H35NO3. The molecule has 0 spiro atoms. The van der Waals surface area contributed by atoms with Crippen LogP contribution in [0.15, 0.2) is 0 Å². The van der Waals surface area contributed by atoms with Crippen LogP contribution in [0.3, 0.4) is 0 Å². The predicted molar refractivity (Wildman–Crippen MR) is 90.6 cm³/mol. The predicted octanol–water partition coefficient (Wildman–Crippen LogP) is 4.51. The van der Waals surface area contributed by atoms with Gasteiger partial charge in [0.2, 0.25) is 5.91 Å². The Hall–Kier alpha value is -1.06. The lowest BCUT2D eigenvalue weighted by Gasteiger charge is -2.17. The van der Waals surface area contributed by atoms with Gasteiger partial charge < -0.3 is 10.8 Å². The summed E-state index contributed by atoms with van der Waals surface area (Å²) in [7, 11) is 0. The smallest absolute Gasteiger partial charge is 0.306 e. The Bertz CT molecular complexity index is 275. The van der Waals surface area contributed by atoms with Crippen LogP contribution in [0.25, 0.3) is 0 Å². The number of hydrogen-bond donors (Lipinski definition) is 2. The summed E-state index contributed by atoms with van der Waals surface area (Å²) in [6.07, 6.45) is 11.6. The summed E-state index contributed by atoms with van der Waals surface area (Å²) in [6.45, 7) is 4.30. The van der Waals surface area contributed by atoms with Crippen molar-refractivity contribution < 1.29 is 14.7 Å². The largest absolute Gasteiger partial charge is 0.481 e. The lowest BCUT2D eigenvalue weighted by Crippen LogP contribution is -2.25. The maximum Gasteiger partial charge on any atom is 0.306 e. The molecule has 0 aromatic heterocycles. The fourth-order valence-electron chi connectivity index (χ4n) is 2.86. The molecule has 0 aliphatic rings. The normalized spacial score (nSPS) is 13.7. The number of amides is 1. The van der Waals surface area contributed by atoms with Gasteiger partial charge in [0.05, 0.1) is 5.92 Å². The number of unbranched alkanes of at least 4 members (excludes halogenated alkanes) is 6. The highest BCUT2D eigenvalue weighted by Crippen LogP contribution is 2.22. The van der Waals surface area contributed by atoms with Gasteiger partial charge in [-0.2, -0.15) is 0 Å². The minimum atomic E-state index is -0.731. The second kappa shape index (κ2) is 13.6. The first-order chi connectivity index (χ1) is 10.5. The molecule has 22 heavy (non-hydrogen) atoms. The van der Waals surface area contributed by atoms with E-state index in [1.54, 1.807) is 0 Å². The molecule has 0 saturated carbocycles. The van der Waals surface area contributed by atoms with Crippen LogP contribution in [-0.2, 0) is 9.59 Å². The molecule has 0 heterocycles. The standard InChI is InChI=1S/C18H35NO3/c1-3-5-7-9-11-15(17(19)20)13-14-16(18(21)22)12-10-8-6-4-2/h15-16H,3-14H2,1-2H3,(H2,19,20)(H,21,22). The van der Waals surface area contributed by atoms with Gasteiger partial charge in [0.15, 0.2) is 0 Å². The molecule has 0 aliphatic heterocycles. The molecule has 0 fully saturated rings. The summed E-state index contributed by atoms with van der Waals surface area (Å²) in [4.78, 5) is 22.8. The molecule has 4 nitrogen and oxygen atoms in total. The van der Waals surface area contributed by atoms with E-state index in [2.05, 4.69) is 13.8 Å². The number of carboxylic acid groups (broad SMARTS) is 1. The number of carbonyl (C=O) groups is 2. The van der Waals surface area contributed by atoms with E-state index in [1.807, 2.05) is 0 Å². The van der Waals surface area contributed by atoms with Crippen molar-refractivity contribution in [2.24, 2.45) is 17.6 Å². The van der Waals surface area contributed by atoms with Crippen molar-refractivity contribution in [2.75, 3.05) is 0 Å². The highest BCUT2D eigenvalue weighted by atomic mass is 16.4. The zero-order chi connectivity index (χ0) is 16.8. The van der Waals surface area contributed by atoms with E-state index in [9.17, 15) is 14.7 Å². The van der Waals surface area contributed by atoms with Gasteiger partial charge in [-0.15, -0.1) is 0 Å². The fourth-order valence-corrected chi connectivity index (χ4v) is 2.86. The third-order valence-corrected chi connectivity index (χ3v) is 4.43. The number of carboxylic acids is 1. The Morgan fingerprint density at radius 1 is 0.773 bits per heavy atom. The van der Waals surface area contributed by atoms with E-state index < -0.39 is 5.97 Å². The van der Waals surface area contributed by atoms with Crippen molar-refractivity contribution >= 4 is 11.9 Å². The van der Waals surface area contributed by atoms with Crippen LogP contribution in [0.1, 0.15) is 90.9 Å². The zero-order valence-corrected chi connectivity index (χ0v) is 14.5. The molecule has 4 heteroatoms. The second-order valence-corrected chi connectivity index (χ2v) is 6.41. The topological polar surface area (TPSA) is 80.4 Å². The first-order valence-electron chi connectivity index (χ1n) is 9.05. The van der Waals surface area contributed by atoms with E-state index in [-0.39, 0.29) is 17.7 Å². The van der Waals surface area contributed by atoms with E-state index >= 15 is 0 Å². The Balaban J connectivity index is 4.15. The molecule has 0 aliphatic carbocycles. The minimum Gasteiger partial charge on any atom is -0.481 e. The lowest BCUT2D eigenvalue weighted by atomic mass is 9.89. The van der Waals surface area contributed by atoms with Crippen molar-refractivity contribution in [3.63, 3.8) is 0 Å². The number of primary amides is 1. The molecule has 1 amide bonds.